The van der Waals surface area contributed by atoms with E-state index in [1.54, 1.807) is 0 Å². The van der Waals surface area contributed by atoms with E-state index in [0.29, 0.717) is 23.2 Å². The number of amides is 6. The van der Waals surface area contributed by atoms with Crippen molar-refractivity contribution in [3.63, 3.8) is 0 Å². The lowest BCUT2D eigenvalue weighted by molar-refractivity contribution is -0.233. The molecule has 17 heteroatoms. The summed E-state index contributed by atoms with van der Waals surface area (Å²) in [6.45, 7) is 5.44. The Morgan fingerprint density at radius 1 is 0.667 bits per heavy atom. The van der Waals surface area contributed by atoms with E-state index >= 15 is 0 Å². The van der Waals surface area contributed by atoms with Crippen LogP contribution in [0, 0.1) is 0 Å². The van der Waals surface area contributed by atoms with Gasteiger partial charge in [0.25, 0.3) is 0 Å². The Morgan fingerprint density at radius 2 is 1.10 bits per heavy atom. The average molecular weight is 565 g/mol. The number of carbonyl (C=O) groups excluding carboxylic acids is 3. The minimum absolute atomic E-state index is 0.0206. The number of carbonyl (C=O) groups is 3. The molecular weight excluding hydrogens is 524 g/mol. The molecule has 224 valence electrons. The third-order valence-corrected chi connectivity index (χ3v) is 6.77. The summed E-state index contributed by atoms with van der Waals surface area (Å²) >= 11 is 0. The molecule has 3 saturated heterocycles. The SMILES string of the molecule is CCCCOCCN1C(=O)N(N2C(=O)N(N3C(=O)N(CCOCCCC)C(O)C3O)C(C)(O)C2O)C(O)C1O. The summed E-state index contributed by atoms with van der Waals surface area (Å²) in [6, 6.07) is -3.57. The Labute approximate surface area is 225 Å². The fourth-order valence-corrected chi connectivity index (χ4v) is 4.45. The van der Waals surface area contributed by atoms with Crippen LogP contribution in [0.25, 0.3) is 0 Å². The van der Waals surface area contributed by atoms with E-state index < -0.39 is 55.0 Å². The molecule has 6 N–H and O–H groups in total. The normalized spacial score (nSPS) is 31.6. The lowest BCUT2D eigenvalue weighted by Gasteiger charge is -2.36. The highest BCUT2D eigenvalue weighted by molar-refractivity contribution is 5.87. The van der Waals surface area contributed by atoms with Crippen molar-refractivity contribution < 1.29 is 54.5 Å². The fourth-order valence-electron chi connectivity index (χ4n) is 4.45. The predicted octanol–water partition coefficient (Wildman–Crippen LogP) is -2.04. The maximum atomic E-state index is 13.5. The van der Waals surface area contributed by atoms with Crippen LogP contribution < -0.4 is 0 Å². The van der Waals surface area contributed by atoms with Crippen molar-refractivity contribution in [2.45, 2.75) is 83.3 Å². The molecule has 0 radical (unpaired) electrons. The monoisotopic (exact) mass is 564 g/mol. The van der Waals surface area contributed by atoms with E-state index in [1.165, 1.54) is 0 Å². The van der Waals surface area contributed by atoms with Crippen molar-refractivity contribution in [1.82, 2.24) is 29.8 Å². The van der Waals surface area contributed by atoms with Gasteiger partial charge in [0, 0.05) is 26.3 Å². The highest BCUT2D eigenvalue weighted by Gasteiger charge is 2.65. The second-order valence-electron chi connectivity index (χ2n) is 9.63. The molecule has 0 aromatic heterocycles. The second kappa shape index (κ2) is 12.8. The van der Waals surface area contributed by atoms with E-state index in [4.69, 9.17) is 9.47 Å². The van der Waals surface area contributed by atoms with Gasteiger partial charge in [0.2, 0.25) is 12.0 Å². The Hall–Kier alpha value is -2.51. The molecule has 0 aromatic rings. The molecule has 6 amide bonds. The summed E-state index contributed by atoms with van der Waals surface area (Å²) in [4.78, 5) is 41.3. The molecule has 3 heterocycles. The average Bonchev–Trinajstić information content (AvgIpc) is 3.30. The van der Waals surface area contributed by atoms with Gasteiger partial charge in [-0.3, -0.25) is 9.80 Å². The van der Waals surface area contributed by atoms with E-state index in [9.17, 15) is 45.0 Å². The number of aliphatic hydroxyl groups is 6. The van der Waals surface area contributed by atoms with E-state index in [2.05, 4.69) is 0 Å². The zero-order valence-electron chi connectivity index (χ0n) is 22.4. The van der Waals surface area contributed by atoms with Gasteiger partial charge in [-0.05, 0) is 19.8 Å². The third-order valence-electron chi connectivity index (χ3n) is 6.77. The van der Waals surface area contributed by atoms with Crippen LogP contribution in [0.1, 0.15) is 46.5 Å². The van der Waals surface area contributed by atoms with E-state index in [-0.39, 0.29) is 36.3 Å². The minimum Gasteiger partial charge on any atom is -0.380 e. The molecule has 3 rings (SSSR count). The minimum atomic E-state index is -2.64. The fraction of sp³-hybridized carbons (Fsp3) is 0.864. The van der Waals surface area contributed by atoms with Crippen LogP contribution >= 0.6 is 0 Å². The van der Waals surface area contributed by atoms with E-state index in [0.717, 1.165) is 42.4 Å². The summed E-state index contributed by atoms with van der Waals surface area (Å²) in [5.74, 6) is 0. The van der Waals surface area contributed by atoms with Crippen LogP contribution in [0.3, 0.4) is 0 Å². The number of ether oxygens (including phenoxy) is 2. The zero-order chi connectivity index (χ0) is 29.1. The predicted molar refractivity (Wildman–Crippen MR) is 129 cm³/mol. The van der Waals surface area contributed by atoms with Gasteiger partial charge < -0.3 is 40.1 Å². The molecule has 0 aliphatic carbocycles. The quantitative estimate of drug-likeness (QED) is 0.127. The van der Waals surface area contributed by atoms with Crippen molar-refractivity contribution in [1.29, 1.82) is 0 Å². The third kappa shape index (κ3) is 5.71. The van der Waals surface area contributed by atoms with Crippen molar-refractivity contribution in [2.24, 2.45) is 0 Å². The topological polar surface area (TPSA) is 210 Å². The molecular formula is C22H40N6O11. The van der Waals surface area contributed by atoms with Gasteiger partial charge in [-0.2, -0.15) is 20.0 Å². The number of hydrogen-bond donors (Lipinski definition) is 6. The Kier molecular flexibility index (Phi) is 10.2. The maximum Gasteiger partial charge on any atom is 0.363 e. The largest absolute Gasteiger partial charge is 0.380 e. The van der Waals surface area contributed by atoms with Gasteiger partial charge in [-0.1, -0.05) is 26.7 Å². The van der Waals surface area contributed by atoms with Crippen LogP contribution in [-0.2, 0) is 9.47 Å². The van der Waals surface area contributed by atoms with Gasteiger partial charge in [-0.25, -0.2) is 14.4 Å². The summed E-state index contributed by atoms with van der Waals surface area (Å²) in [7, 11) is 0. The van der Waals surface area contributed by atoms with Crippen molar-refractivity contribution in [3.05, 3.63) is 0 Å². The first kappa shape index (κ1) is 31.0. The molecule has 3 fully saturated rings. The van der Waals surface area contributed by atoms with Gasteiger partial charge in [-0.15, -0.1) is 0 Å². The smallest absolute Gasteiger partial charge is 0.363 e. The van der Waals surface area contributed by atoms with Crippen molar-refractivity contribution in [3.8, 4) is 0 Å². The Morgan fingerprint density at radius 3 is 1.56 bits per heavy atom. The molecule has 6 atom stereocenters. The molecule has 0 spiro atoms. The Balaban J connectivity index is 1.77. The van der Waals surface area contributed by atoms with Crippen molar-refractivity contribution in [2.75, 3.05) is 39.5 Å². The number of urea groups is 3. The van der Waals surface area contributed by atoms with Gasteiger partial charge >= 0.3 is 18.1 Å². The summed E-state index contributed by atoms with van der Waals surface area (Å²) < 4.78 is 10.8. The maximum absolute atomic E-state index is 13.5. The molecule has 0 saturated carbocycles. The standard InChI is InChI=1S/C22H40N6O11/c1-4-6-10-38-12-8-23-14(29)16(31)25(19(23)34)27-18(33)22(3,37)28(21(27)36)26-17(32)15(30)24(20(26)35)9-13-39-11-7-5-2/h14-18,29-33,37H,4-13H2,1-3H3. The number of unbranched alkanes of at least 4 members (excludes halogenated alkanes) is 2. The summed E-state index contributed by atoms with van der Waals surface area (Å²) in [6.07, 6.45) is -6.62. The first-order valence-electron chi connectivity index (χ1n) is 13.0. The van der Waals surface area contributed by atoms with Gasteiger partial charge in [0.15, 0.2) is 24.9 Å². The molecule has 6 unspecified atom stereocenters. The number of hydrogen-bond acceptors (Lipinski definition) is 11. The molecule has 3 aliphatic heterocycles. The Bertz CT molecular complexity index is 881. The number of aliphatic hydroxyl groups excluding tert-OH is 5. The number of rotatable bonds is 14. The van der Waals surface area contributed by atoms with E-state index in [1.807, 2.05) is 13.8 Å². The summed E-state index contributed by atoms with van der Waals surface area (Å²) in [5.41, 5.74) is -2.64. The highest BCUT2D eigenvalue weighted by Crippen LogP contribution is 2.38. The van der Waals surface area contributed by atoms with Gasteiger partial charge in [0.1, 0.15) is 0 Å². The lowest BCUT2D eigenvalue weighted by Crippen LogP contribution is -2.60. The second-order valence-corrected chi connectivity index (χ2v) is 9.63. The van der Waals surface area contributed by atoms with Crippen LogP contribution in [-0.4, -0.2) is 155 Å². The molecule has 39 heavy (non-hydrogen) atoms. The molecule has 0 bridgehead atoms. The van der Waals surface area contributed by atoms with Crippen LogP contribution in [0.15, 0.2) is 0 Å². The number of nitrogens with zero attached hydrogens (tertiary/aromatic N) is 6. The molecule has 0 aromatic carbocycles. The first-order valence-corrected chi connectivity index (χ1v) is 13.0. The van der Waals surface area contributed by atoms with Crippen LogP contribution in [0.4, 0.5) is 14.4 Å². The molecule has 17 nitrogen and oxygen atoms in total. The first-order chi connectivity index (χ1) is 18.4. The van der Waals surface area contributed by atoms with Crippen LogP contribution in [0.5, 0.6) is 0 Å². The van der Waals surface area contributed by atoms with Crippen molar-refractivity contribution >= 4 is 18.1 Å². The molecule has 3 aliphatic rings. The zero-order valence-corrected chi connectivity index (χ0v) is 22.4. The lowest BCUT2D eigenvalue weighted by atomic mass is 10.2. The van der Waals surface area contributed by atoms with Crippen LogP contribution in [0.2, 0.25) is 0 Å². The number of hydrazine groups is 2. The summed E-state index contributed by atoms with van der Waals surface area (Å²) in [5, 5.41) is 65.3. The van der Waals surface area contributed by atoms with Gasteiger partial charge in [0.05, 0.1) is 13.2 Å². The highest BCUT2D eigenvalue weighted by atomic mass is 16.5.